The van der Waals surface area contributed by atoms with E-state index in [0.717, 1.165) is 5.56 Å². The maximum Gasteiger partial charge on any atom is 0.253 e. The third kappa shape index (κ3) is 3.31. The Morgan fingerprint density at radius 2 is 1.85 bits per heavy atom. The molecule has 0 aliphatic rings. The molecule has 0 saturated heterocycles. The van der Waals surface area contributed by atoms with Gasteiger partial charge in [-0.15, -0.1) is 0 Å². The van der Waals surface area contributed by atoms with E-state index in [0.29, 0.717) is 22.8 Å². The van der Waals surface area contributed by atoms with Gasteiger partial charge in [0, 0.05) is 19.2 Å². The number of nitrogens with two attached hydrogens (primary N) is 1. The highest BCUT2D eigenvalue weighted by Gasteiger charge is 2.13. The quantitative estimate of drug-likeness (QED) is 0.879. The van der Waals surface area contributed by atoms with Gasteiger partial charge in [-0.05, 0) is 30.7 Å². The molecule has 0 unspecified atom stereocenters. The van der Waals surface area contributed by atoms with Crippen LogP contribution in [-0.2, 0) is 6.54 Å². The Bertz CT molecular complexity index is 623. The molecule has 2 aromatic carbocycles. The Hall–Kier alpha value is -2.00. The average Bonchev–Trinajstić information content (AvgIpc) is 2.43. The minimum atomic E-state index is -0.0764. The molecule has 0 aromatic heterocycles. The number of carbonyl (C=O) groups excluding carboxylic acids is 1. The van der Waals surface area contributed by atoms with Gasteiger partial charge >= 0.3 is 0 Å². The Balaban J connectivity index is 2.11. The Morgan fingerprint density at radius 3 is 2.45 bits per heavy atom. The summed E-state index contributed by atoms with van der Waals surface area (Å²) in [6, 6.07) is 13.1. The van der Waals surface area contributed by atoms with Crippen molar-refractivity contribution in [3.63, 3.8) is 0 Å². The van der Waals surface area contributed by atoms with E-state index in [9.17, 15) is 4.79 Å². The molecule has 2 N–H and O–H groups in total. The third-order valence-corrected chi connectivity index (χ3v) is 3.46. The van der Waals surface area contributed by atoms with Crippen LogP contribution in [0.1, 0.15) is 21.5 Å². The lowest BCUT2D eigenvalue weighted by Crippen LogP contribution is -2.26. The first-order chi connectivity index (χ1) is 9.47. The van der Waals surface area contributed by atoms with Crippen LogP contribution >= 0.6 is 11.6 Å². The highest BCUT2D eigenvalue weighted by Crippen LogP contribution is 2.20. The van der Waals surface area contributed by atoms with Crippen molar-refractivity contribution in [2.45, 2.75) is 13.5 Å². The monoisotopic (exact) mass is 288 g/mol. The number of anilines is 1. The predicted octanol–water partition coefficient (Wildman–Crippen LogP) is 3.50. The van der Waals surface area contributed by atoms with E-state index >= 15 is 0 Å². The fraction of sp³-hybridized carbons (Fsp3) is 0.188. The smallest absolute Gasteiger partial charge is 0.253 e. The Kier molecular flexibility index (Phi) is 4.30. The summed E-state index contributed by atoms with van der Waals surface area (Å²) >= 11 is 5.94. The van der Waals surface area contributed by atoms with Crippen molar-refractivity contribution in [1.82, 2.24) is 4.90 Å². The molecular weight excluding hydrogens is 272 g/mol. The first-order valence-electron chi connectivity index (χ1n) is 6.33. The molecular formula is C16H17ClN2O. The number of carbonyl (C=O) groups is 1. The van der Waals surface area contributed by atoms with Gasteiger partial charge in [0.05, 0.1) is 10.7 Å². The Morgan fingerprint density at radius 1 is 1.20 bits per heavy atom. The molecule has 0 atom stereocenters. The van der Waals surface area contributed by atoms with E-state index in [-0.39, 0.29) is 5.91 Å². The van der Waals surface area contributed by atoms with Gasteiger partial charge < -0.3 is 10.6 Å². The third-order valence-electron chi connectivity index (χ3n) is 3.13. The largest absolute Gasteiger partial charge is 0.398 e. The van der Waals surface area contributed by atoms with Crippen molar-refractivity contribution < 1.29 is 4.79 Å². The first-order valence-corrected chi connectivity index (χ1v) is 6.71. The minimum Gasteiger partial charge on any atom is -0.398 e. The molecule has 1 amide bonds. The van der Waals surface area contributed by atoms with E-state index in [4.69, 9.17) is 17.3 Å². The summed E-state index contributed by atoms with van der Waals surface area (Å²) in [4.78, 5) is 14.0. The van der Waals surface area contributed by atoms with E-state index < -0.39 is 0 Å². The van der Waals surface area contributed by atoms with E-state index in [2.05, 4.69) is 0 Å². The number of hydrogen-bond donors (Lipinski definition) is 1. The van der Waals surface area contributed by atoms with Crippen molar-refractivity contribution in [3.05, 3.63) is 64.2 Å². The molecule has 0 radical (unpaired) electrons. The summed E-state index contributed by atoms with van der Waals surface area (Å²) in [5.41, 5.74) is 8.96. The van der Waals surface area contributed by atoms with Crippen LogP contribution in [0.25, 0.3) is 0 Å². The fourth-order valence-corrected chi connectivity index (χ4v) is 2.10. The molecule has 0 fully saturated rings. The fourth-order valence-electron chi connectivity index (χ4n) is 1.92. The number of hydrogen-bond acceptors (Lipinski definition) is 2. The molecule has 20 heavy (non-hydrogen) atoms. The number of amides is 1. The molecule has 0 heterocycles. The maximum absolute atomic E-state index is 12.3. The second-order valence-corrected chi connectivity index (χ2v) is 5.29. The van der Waals surface area contributed by atoms with Gasteiger partial charge in [-0.1, -0.05) is 41.4 Å². The van der Waals surface area contributed by atoms with Crippen molar-refractivity contribution in [3.8, 4) is 0 Å². The summed E-state index contributed by atoms with van der Waals surface area (Å²) in [7, 11) is 1.77. The molecule has 104 valence electrons. The van der Waals surface area contributed by atoms with Crippen LogP contribution < -0.4 is 5.73 Å². The van der Waals surface area contributed by atoms with Crippen LogP contribution in [0.4, 0.5) is 5.69 Å². The van der Waals surface area contributed by atoms with E-state index in [1.807, 2.05) is 31.2 Å². The molecule has 0 saturated carbocycles. The van der Waals surface area contributed by atoms with Crippen molar-refractivity contribution in [2.75, 3.05) is 12.8 Å². The molecule has 0 bridgehead atoms. The average molecular weight is 289 g/mol. The van der Waals surface area contributed by atoms with Gasteiger partial charge in [0.1, 0.15) is 0 Å². The minimum absolute atomic E-state index is 0.0764. The zero-order valence-electron chi connectivity index (χ0n) is 11.6. The van der Waals surface area contributed by atoms with Gasteiger partial charge in [-0.2, -0.15) is 0 Å². The number of rotatable bonds is 3. The van der Waals surface area contributed by atoms with Crippen LogP contribution in [0.5, 0.6) is 0 Å². The van der Waals surface area contributed by atoms with Crippen molar-refractivity contribution >= 4 is 23.2 Å². The molecule has 2 rings (SSSR count). The zero-order valence-corrected chi connectivity index (χ0v) is 12.3. The van der Waals surface area contributed by atoms with Gasteiger partial charge in [0.15, 0.2) is 0 Å². The first kappa shape index (κ1) is 14.4. The van der Waals surface area contributed by atoms with Crippen LogP contribution in [-0.4, -0.2) is 17.9 Å². The second-order valence-electron chi connectivity index (χ2n) is 4.88. The van der Waals surface area contributed by atoms with Crippen molar-refractivity contribution in [1.29, 1.82) is 0 Å². The summed E-state index contributed by atoms with van der Waals surface area (Å²) < 4.78 is 0. The van der Waals surface area contributed by atoms with Crippen LogP contribution in [0.15, 0.2) is 42.5 Å². The molecule has 3 nitrogen and oxygen atoms in total. The lowest BCUT2D eigenvalue weighted by Gasteiger charge is -2.18. The number of nitrogens with zero attached hydrogens (tertiary/aromatic N) is 1. The van der Waals surface area contributed by atoms with Gasteiger partial charge in [-0.25, -0.2) is 0 Å². The molecule has 0 aliphatic heterocycles. The summed E-state index contributed by atoms with van der Waals surface area (Å²) in [5, 5.41) is 0.402. The number of halogens is 1. The summed E-state index contributed by atoms with van der Waals surface area (Å²) in [6.07, 6.45) is 0. The molecule has 2 aromatic rings. The maximum atomic E-state index is 12.3. The predicted molar refractivity (Wildman–Crippen MR) is 82.8 cm³/mol. The van der Waals surface area contributed by atoms with Gasteiger partial charge in [0.2, 0.25) is 0 Å². The standard InChI is InChI=1S/C16H17ClN2O/c1-11-3-5-12(6-4-11)10-19(2)16(20)13-7-8-15(18)14(17)9-13/h3-9H,10,18H2,1-2H3. The topological polar surface area (TPSA) is 46.3 Å². The lowest BCUT2D eigenvalue weighted by molar-refractivity contribution is 0.0785. The van der Waals surface area contributed by atoms with Crippen LogP contribution in [0, 0.1) is 6.92 Å². The summed E-state index contributed by atoms with van der Waals surface area (Å²) in [5.74, 6) is -0.0764. The number of nitrogen functional groups attached to an aromatic ring is 1. The highest BCUT2D eigenvalue weighted by molar-refractivity contribution is 6.33. The zero-order chi connectivity index (χ0) is 14.7. The van der Waals surface area contributed by atoms with Crippen LogP contribution in [0.2, 0.25) is 5.02 Å². The lowest BCUT2D eigenvalue weighted by atomic mass is 10.1. The van der Waals surface area contributed by atoms with Gasteiger partial charge in [0.25, 0.3) is 5.91 Å². The number of aryl methyl sites for hydroxylation is 1. The summed E-state index contributed by atoms with van der Waals surface area (Å²) in [6.45, 7) is 2.59. The second kappa shape index (κ2) is 5.97. The molecule has 0 aliphatic carbocycles. The molecule has 4 heteroatoms. The van der Waals surface area contributed by atoms with Crippen LogP contribution in [0.3, 0.4) is 0 Å². The number of benzene rings is 2. The normalized spacial score (nSPS) is 10.3. The molecule has 0 spiro atoms. The van der Waals surface area contributed by atoms with E-state index in [1.54, 1.807) is 30.1 Å². The Labute approximate surface area is 124 Å². The van der Waals surface area contributed by atoms with Crippen molar-refractivity contribution in [2.24, 2.45) is 0 Å². The SMILES string of the molecule is Cc1ccc(CN(C)C(=O)c2ccc(N)c(Cl)c2)cc1. The van der Waals surface area contributed by atoms with E-state index in [1.165, 1.54) is 5.56 Å². The highest BCUT2D eigenvalue weighted by atomic mass is 35.5. The van der Waals surface area contributed by atoms with Gasteiger partial charge in [-0.3, -0.25) is 4.79 Å².